The highest BCUT2D eigenvalue weighted by molar-refractivity contribution is 5.65. The minimum Gasteiger partial charge on any atom is -0.466 e. The number of unbranched alkanes of at least 4 members (excludes halogenated alkanes) is 1. The normalized spacial score (nSPS) is 10.5. The first-order valence-corrected chi connectivity index (χ1v) is 4.16. The maximum Gasteiger partial charge on any atom is 0.302 e. The zero-order valence-electron chi connectivity index (χ0n) is 7.45. The van der Waals surface area contributed by atoms with Gasteiger partial charge in [-0.05, 0) is 19.3 Å². The van der Waals surface area contributed by atoms with Gasteiger partial charge in [-0.2, -0.15) is 0 Å². The first-order chi connectivity index (χ1) is 5.77. The smallest absolute Gasteiger partial charge is 0.302 e. The van der Waals surface area contributed by atoms with Gasteiger partial charge in [0.2, 0.25) is 0 Å². The monoisotopic (exact) mass is 172 g/mol. The van der Waals surface area contributed by atoms with Gasteiger partial charge in [-0.3, -0.25) is 4.79 Å². The van der Waals surface area contributed by atoms with Crippen molar-refractivity contribution in [3.8, 4) is 0 Å². The Kier molecular flexibility index (Phi) is 7.70. The third-order valence-corrected chi connectivity index (χ3v) is 1.28. The molecule has 3 heteroatoms. The lowest BCUT2D eigenvalue weighted by Gasteiger charge is -1.97. The van der Waals surface area contributed by atoms with Gasteiger partial charge < -0.3 is 9.84 Å². The van der Waals surface area contributed by atoms with Gasteiger partial charge >= 0.3 is 5.97 Å². The molecule has 0 unspecified atom stereocenters. The Morgan fingerprint density at radius 1 is 1.42 bits per heavy atom. The second kappa shape index (κ2) is 8.27. The average molecular weight is 172 g/mol. The van der Waals surface area contributed by atoms with Gasteiger partial charge in [0.15, 0.2) is 0 Å². The van der Waals surface area contributed by atoms with Crippen LogP contribution in [0.1, 0.15) is 26.2 Å². The standard InChI is InChI=1S/C9H16O3/c1-9(11)12-8-6-4-2-3-5-7-10/h2-3,10H,4-8H2,1H3/b3-2-. The number of aliphatic hydroxyl groups is 1. The Bertz CT molecular complexity index is 141. The second-order valence-electron chi connectivity index (χ2n) is 2.47. The van der Waals surface area contributed by atoms with Crippen LogP contribution in [0.15, 0.2) is 12.2 Å². The largest absolute Gasteiger partial charge is 0.466 e. The molecule has 70 valence electrons. The highest BCUT2D eigenvalue weighted by Gasteiger charge is 1.89. The molecular weight excluding hydrogens is 156 g/mol. The van der Waals surface area contributed by atoms with Crippen molar-refractivity contribution >= 4 is 5.97 Å². The summed E-state index contributed by atoms with van der Waals surface area (Å²) in [6.45, 7) is 2.08. The number of esters is 1. The Labute approximate surface area is 73.0 Å². The summed E-state index contributed by atoms with van der Waals surface area (Å²) < 4.78 is 4.73. The summed E-state index contributed by atoms with van der Waals surface area (Å²) in [6.07, 6.45) is 6.36. The van der Waals surface area contributed by atoms with Gasteiger partial charge in [0.1, 0.15) is 0 Å². The van der Waals surface area contributed by atoms with Crippen molar-refractivity contribution in [1.82, 2.24) is 0 Å². The van der Waals surface area contributed by atoms with Crippen LogP contribution < -0.4 is 0 Å². The summed E-state index contributed by atoms with van der Waals surface area (Å²) in [4.78, 5) is 10.3. The second-order valence-corrected chi connectivity index (χ2v) is 2.47. The number of ether oxygens (including phenoxy) is 1. The third-order valence-electron chi connectivity index (χ3n) is 1.28. The quantitative estimate of drug-likeness (QED) is 0.373. The molecule has 0 amide bonds. The van der Waals surface area contributed by atoms with Crippen LogP contribution in [-0.2, 0) is 9.53 Å². The number of carbonyl (C=O) groups is 1. The van der Waals surface area contributed by atoms with Crippen molar-refractivity contribution < 1.29 is 14.6 Å². The van der Waals surface area contributed by atoms with Crippen molar-refractivity contribution in [3.63, 3.8) is 0 Å². The zero-order valence-corrected chi connectivity index (χ0v) is 7.45. The van der Waals surface area contributed by atoms with E-state index in [4.69, 9.17) is 9.84 Å². The zero-order chi connectivity index (χ0) is 9.23. The maximum atomic E-state index is 10.3. The van der Waals surface area contributed by atoms with E-state index in [0.717, 1.165) is 12.8 Å². The molecule has 0 atom stereocenters. The Morgan fingerprint density at radius 2 is 2.08 bits per heavy atom. The molecule has 0 aromatic carbocycles. The predicted molar refractivity (Wildman–Crippen MR) is 46.7 cm³/mol. The van der Waals surface area contributed by atoms with Gasteiger partial charge in [0.25, 0.3) is 0 Å². The van der Waals surface area contributed by atoms with Crippen molar-refractivity contribution in [2.45, 2.75) is 26.2 Å². The van der Waals surface area contributed by atoms with Crippen LogP contribution >= 0.6 is 0 Å². The van der Waals surface area contributed by atoms with Gasteiger partial charge in [0.05, 0.1) is 6.61 Å². The fourth-order valence-corrected chi connectivity index (χ4v) is 0.727. The molecule has 1 N–H and O–H groups in total. The van der Waals surface area contributed by atoms with Crippen LogP contribution in [0.25, 0.3) is 0 Å². The SMILES string of the molecule is CC(=O)OCCC/C=C\CCO. The molecule has 0 bridgehead atoms. The summed E-state index contributed by atoms with van der Waals surface area (Å²) in [5.74, 6) is -0.227. The van der Waals surface area contributed by atoms with E-state index in [2.05, 4.69) is 0 Å². The van der Waals surface area contributed by atoms with Crippen molar-refractivity contribution in [1.29, 1.82) is 0 Å². The average Bonchev–Trinajstić information content (AvgIpc) is 2.02. The molecule has 0 saturated heterocycles. The van der Waals surface area contributed by atoms with E-state index in [1.54, 1.807) is 0 Å². The molecule has 0 fully saturated rings. The summed E-state index contributed by atoms with van der Waals surface area (Å²) in [5, 5.41) is 8.42. The summed E-state index contributed by atoms with van der Waals surface area (Å²) >= 11 is 0. The number of hydrogen-bond acceptors (Lipinski definition) is 3. The fourth-order valence-electron chi connectivity index (χ4n) is 0.727. The van der Waals surface area contributed by atoms with Gasteiger partial charge in [-0.25, -0.2) is 0 Å². The summed E-state index contributed by atoms with van der Waals surface area (Å²) in [6, 6.07) is 0. The Morgan fingerprint density at radius 3 is 2.67 bits per heavy atom. The van der Waals surface area contributed by atoms with Gasteiger partial charge in [-0.1, -0.05) is 12.2 Å². The molecule has 0 spiro atoms. The number of carbonyl (C=O) groups excluding carboxylic acids is 1. The molecular formula is C9H16O3. The number of allylic oxidation sites excluding steroid dienone is 1. The van der Waals surface area contributed by atoms with Crippen LogP contribution in [0.4, 0.5) is 0 Å². The van der Waals surface area contributed by atoms with Crippen LogP contribution in [-0.4, -0.2) is 24.3 Å². The molecule has 12 heavy (non-hydrogen) atoms. The van der Waals surface area contributed by atoms with Crippen LogP contribution in [0.5, 0.6) is 0 Å². The van der Waals surface area contributed by atoms with Crippen molar-refractivity contribution in [3.05, 3.63) is 12.2 Å². The number of aliphatic hydroxyl groups excluding tert-OH is 1. The molecule has 0 aliphatic rings. The molecule has 0 saturated carbocycles. The predicted octanol–water partition coefficient (Wildman–Crippen LogP) is 1.27. The van der Waals surface area contributed by atoms with E-state index >= 15 is 0 Å². The summed E-state index contributed by atoms with van der Waals surface area (Å²) in [5.41, 5.74) is 0. The van der Waals surface area contributed by atoms with E-state index < -0.39 is 0 Å². The summed E-state index contributed by atoms with van der Waals surface area (Å²) in [7, 11) is 0. The first kappa shape index (κ1) is 11.2. The number of hydrogen-bond donors (Lipinski definition) is 1. The van der Waals surface area contributed by atoms with Crippen LogP contribution in [0.2, 0.25) is 0 Å². The molecule has 0 aromatic heterocycles. The molecule has 3 nitrogen and oxygen atoms in total. The molecule has 0 heterocycles. The molecule has 0 rings (SSSR count). The van der Waals surface area contributed by atoms with E-state index in [1.165, 1.54) is 6.92 Å². The van der Waals surface area contributed by atoms with Crippen molar-refractivity contribution in [2.24, 2.45) is 0 Å². The maximum absolute atomic E-state index is 10.3. The topological polar surface area (TPSA) is 46.5 Å². The minimum atomic E-state index is -0.227. The lowest BCUT2D eigenvalue weighted by Crippen LogP contribution is -1.99. The highest BCUT2D eigenvalue weighted by Crippen LogP contribution is 1.93. The van der Waals surface area contributed by atoms with Crippen LogP contribution in [0, 0.1) is 0 Å². The minimum absolute atomic E-state index is 0.195. The highest BCUT2D eigenvalue weighted by atomic mass is 16.5. The third kappa shape index (κ3) is 9.17. The van der Waals surface area contributed by atoms with Gasteiger partial charge in [0, 0.05) is 13.5 Å². The van der Waals surface area contributed by atoms with E-state index in [9.17, 15) is 4.79 Å². The Hall–Kier alpha value is -0.830. The lowest BCUT2D eigenvalue weighted by atomic mass is 10.3. The number of rotatable bonds is 6. The molecule has 0 aliphatic carbocycles. The molecule has 0 radical (unpaired) electrons. The fraction of sp³-hybridized carbons (Fsp3) is 0.667. The molecule has 0 aliphatic heterocycles. The van der Waals surface area contributed by atoms with E-state index in [0.29, 0.717) is 13.0 Å². The van der Waals surface area contributed by atoms with Gasteiger partial charge in [-0.15, -0.1) is 0 Å². The first-order valence-electron chi connectivity index (χ1n) is 4.16. The van der Waals surface area contributed by atoms with Crippen LogP contribution in [0.3, 0.4) is 0 Å². The lowest BCUT2D eigenvalue weighted by molar-refractivity contribution is -0.141. The Balaban J connectivity index is 3.05. The van der Waals surface area contributed by atoms with E-state index in [1.807, 2.05) is 12.2 Å². The van der Waals surface area contributed by atoms with E-state index in [-0.39, 0.29) is 12.6 Å². The van der Waals surface area contributed by atoms with Crippen molar-refractivity contribution in [2.75, 3.05) is 13.2 Å². The molecule has 0 aromatic rings.